The highest BCUT2D eigenvalue weighted by atomic mass is 16.6. The maximum atomic E-state index is 11.7. The molecule has 2 aliphatic heterocycles. The fraction of sp³-hybridized carbons (Fsp3) is 0.471. The predicted octanol–water partition coefficient (Wildman–Crippen LogP) is 1.89. The largest absolute Gasteiger partial charge is 0.447 e. The molecule has 0 bridgehead atoms. The Morgan fingerprint density at radius 1 is 1.29 bits per heavy atom. The predicted molar refractivity (Wildman–Crippen MR) is 79.5 cm³/mol. The van der Waals surface area contributed by atoms with Crippen molar-refractivity contribution in [1.29, 1.82) is 0 Å². The van der Waals surface area contributed by atoms with Crippen molar-refractivity contribution in [3.05, 3.63) is 47.7 Å². The first-order chi connectivity index (χ1) is 10.1. The molecule has 1 N–H and O–H groups in total. The van der Waals surface area contributed by atoms with Gasteiger partial charge in [-0.2, -0.15) is 0 Å². The number of aliphatic hydroxyl groups is 1. The van der Waals surface area contributed by atoms with Gasteiger partial charge < -0.3 is 14.7 Å². The van der Waals surface area contributed by atoms with Crippen LogP contribution in [0, 0.1) is 0 Å². The lowest BCUT2D eigenvalue weighted by molar-refractivity contribution is -0.154. The van der Waals surface area contributed by atoms with Gasteiger partial charge in [-0.1, -0.05) is 30.3 Å². The number of cyclic esters (lactones) is 1. The summed E-state index contributed by atoms with van der Waals surface area (Å²) in [5.41, 5.74) is 0.917. The van der Waals surface area contributed by atoms with Gasteiger partial charge in [-0.05, 0) is 25.3 Å². The van der Waals surface area contributed by atoms with Crippen LogP contribution < -0.4 is 0 Å². The number of carbonyl (C=O) groups is 1. The van der Waals surface area contributed by atoms with Gasteiger partial charge >= 0.3 is 5.97 Å². The smallest absolute Gasteiger partial charge is 0.333 e. The zero-order valence-electron chi connectivity index (χ0n) is 12.3. The highest BCUT2D eigenvalue weighted by Crippen LogP contribution is 2.36. The number of esters is 1. The molecule has 4 nitrogen and oxygen atoms in total. The molecule has 0 spiro atoms. The highest BCUT2D eigenvalue weighted by Gasteiger charge is 2.47. The number of ether oxygens (including phenoxy) is 1. The van der Waals surface area contributed by atoms with Crippen LogP contribution >= 0.6 is 0 Å². The first-order valence-corrected chi connectivity index (χ1v) is 7.52. The SMILES string of the molecule is C[C@]1([C@@H](O)Cc2ccccc2)OC(=O)C=C1N1CCCC1. The molecular weight excluding hydrogens is 266 g/mol. The molecule has 1 fully saturated rings. The number of rotatable bonds is 4. The van der Waals surface area contributed by atoms with E-state index in [0.29, 0.717) is 6.42 Å². The Labute approximate surface area is 125 Å². The average Bonchev–Trinajstić information content (AvgIpc) is 3.08. The lowest BCUT2D eigenvalue weighted by Crippen LogP contribution is -2.47. The minimum Gasteiger partial charge on any atom is -0.447 e. The van der Waals surface area contributed by atoms with Crippen LogP contribution in [-0.4, -0.2) is 40.8 Å². The van der Waals surface area contributed by atoms with Crippen LogP contribution in [0.1, 0.15) is 25.3 Å². The maximum absolute atomic E-state index is 11.7. The number of hydrogen-bond donors (Lipinski definition) is 1. The molecule has 2 aliphatic rings. The summed E-state index contributed by atoms with van der Waals surface area (Å²) in [4.78, 5) is 13.9. The normalized spacial score (nSPS) is 26.7. The summed E-state index contributed by atoms with van der Waals surface area (Å²) in [6, 6.07) is 9.79. The molecule has 1 aromatic rings. The average molecular weight is 287 g/mol. The molecule has 4 heteroatoms. The van der Waals surface area contributed by atoms with Gasteiger partial charge in [0.05, 0.1) is 5.70 Å². The standard InChI is InChI=1S/C17H21NO3/c1-17(15(19)11-13-7-3-2-4-8-13)14(12-16(20)21-17)18-9-5-6-10-18/h2-4,7-8,12,15,19H,5-6,9-11H2,1H3/t15-,17-/m0/s1. The fourth-order valence-electron chi connectivity index (χ4n) is 3.18. The van der Waals surface area contributed by atoms with E-state index in [2.05, 4.69) is 4.90 Å². The van der Waals surface area contributed by atoms with Crippen molar-refractivity contribution in [2.24, 2.45) is 0 Å². The van der Waals surface area contributed by atoms with E-state index in [9.17, 15) is 9.90 Å². The molecule has 0 aliphatic carbocycles. The Kier molecular flexibility index (Phi) is 3.72. The Balaban J connectivity index is 1.81. The second-order valence-corrected chi connectivity index (χ2v) is 5.96. The Morgan fingerprint density at radius 3 is 2.62 bits per heavy atom. The van der Waals surface area contributed by atoms with Crippen LogP contribution in [0.25, 0.3) is 0 Å². The lowest BCUT2D eigenvalue weighted by Gasteiger charge is -2.36. The summed E-state index contributed by atoms with van der Waals surface area (Å²) in [7, 11) is 0. The molecule has 0 amide bonds. The van der Waals surface area contributed by atoms with E-state index < -0.39 is 11.7 Å². The summed E-state index contributed by atoms with van der Waals surface area (Å²) in [5, 5.41) is 10.7. The van der Waals surface area contributed by atoms with Gasteiger partial charge in [0.1, 0.15) is 6.10 Å². The highest BCUT2D eigenvalue weighted by molar-refractivity contribution is 5.86. The first kappa shape index (κ1) is 14.1. The lowest BCUT2D eigenvalue weighted by atomic mass is 9.90. The van der Waals surface area contributed by atoms with Crippen molar-refractivity contribution in [3.63, 3.8) is 0 Å². The monoisotopic (exact) mass is 287 g/mol. The summed E-state index contributed by atoms with van der Waals surface area (Å²) >= 11 is 0. The minimum absolute atomic E-state index is 0.355. The molecule has 21 heavy (non-hydrogen) atoms. The zero-order valence-corrected chi connectivity index (χ0v) is 12.3. The van der Waals surface area contributed by atoms with E-state index >= 15 is 0 Å². The van der Waals surface area contributed by atoms with Gasteiger partial charge in [-0.15, -0.1) is 0 Å². The van der Waals surface area contributed by atoms with Gasteiger partial charge in [0, 0.05) is 25.6 Å². The number of likely N-dealkylation sites (tertiary alicyclic amines) is 1. The fourth-order valence-corrected chi connectivity index (χ4v) is 3.18. The van der Waals surface area contributed by atoms with E-state index in [-0.39, 0.29) is 5.97 Å². The molecule has 1 saturated heterocycles. The molecule has 2 atom stereocenters. The van der Waals surface area contributed by atoms with E-state index in [4.69, 9.17) is 4.74 Å². The molecular formula is C17H21NO3. The van der Waals surface area contributed by atoms with E-state index in [1.165, 1.54) is 0 Å². The van der Waals surface area contributed by atoms with E-state index in [0.717, 1.165) is 37.2 Å². The van der Waals surface area contributed by atoms with Crippen LogP contribution in [0.5, 0.6) is 0 Å². The maximum Gasteiger partial charge on any atom is 0.333 e. The van der Waals surface area contributed by atoms with Gasteiger partial charge in [-0.3, -0.25) is 0 Å². The van der Waals surface area contributed by atoms with Crippen molar-refractivity contribution >= 4 is 5.97 Å². The Morgan fingerprint density at radius 2 is 1.95 bits per heavy atom. The van der Waals surface area contributed by atoms with Gasteiger partial charge in [0.15, 0.2) is 5.60 Å². The van der Waals surface area contributed by atoms with Crippen molar-refractivity contribution < 1.29 is 14.6 Å². The van der Waals surface area contributed by atoms with E-state index in [1.54, 1.807) is 6.08 Å². The summed E-state index contributed by atoms with van der Waals surface area (Å²) in [6.45, 7) is 3.67. The summed E-state index contributed by atoms with van der Waals surface area (Å²) in [6.07, 6.45) is 3.50. The Hall–Kier alpha value is -1.81. The van der Waals surface area contributed by atoms with Crippen LogP contribution in [0.4, 0.5) is 0 Å². The van der Waals surface area contributed by atoms with E-state index in [1.807, 2.05) is 37.3 Å². The number of nitrogens with zero attached hydrogens (tertiary/aromatic N) is 1. The second-order valence-electron chi connectivity index (χ2n) is 5.96. The molecule has 1 aromatic carbocycles. The number of benzene rings is 1. The molecule has 0 radical (unpaired) electrons. The van der Waals surface area contributed by atoms with Crippen molar-refractivity contribution in [3.8, 4) is 0 Å². The molecule has 2 heterocycles. The van der Waals surface area contributed by atoms with Crippen molar-refractivity contribution in [2.75, 3.05) is 13.1 Å². The third kappa shape index (κ3) is 2.68. The zero-order chi connectivity index (χ0) is 14.9. The molecule has 112 valence electrons. The third-order valence-corrected chi connectivity index (χ3v) is 4.43. The third-order valence-electron chi connectivity index (χ3n) is 4.43. The molecule has 3 rings (SSSR count). The second kappa shape index (κ2) is 5.53. The number of carbonyl (C=O) groups excluding carboxylic acids is 1. The molecule has 0 unspecified atom stereocenters. The quantitative estimate of drug-likeness (QED) is 0.859. The molecule has 0 aromatic heterocycles. The topological polar surface area (TPSA) is 49.8 Å². The van der Waals surface area contributed by atoms with Crippen LogP contribution in [0.15, 0.2) is 42.1 Å². The molecule has 0 saturated carbocycles. The number of aliphatic hydroxyl groups excluding tert-OH is 1. The first-order valence-electron chi connectivity index (χ1n) is 7.52. The van der Waals surface area contributed by atoms with Gasteiger partial charge in [0.25, 0.3) is 0 Å². The van der Waals surface area contributed by atoms with Crippen molar-refractivity contribution in [2.45, 2.75) is 37.9 Å². The number of hydrogen-bond acceptors (Lipinski definition) is 4. The minimum atomic E-state index is -0.947. The summed E-state index contributed by atoms with van der Waals surface area (Å²) < 4.78 is 5.48. The van der Waals surface area contributed by atoms with Gasteiger partial charge in [0.2, 0.25) is 0 Å². The van der Waals surface area contributed by atoms with Gasteiger partial charge in [-0.25, -0.2) is 4.79 Å². The van der Waals surface area contributed by atoms with Crippen LogP contribution in [0.2, 0.25) is 0 Å². The van der Waals surface area contributed by atoms with Crippen LogP contribution in [0.3, 0.4) is 0 Å². The van der Waals surface area contributed by atoms with Crippen molar-refractivity contribution in [1.82, 2.24) is 4.90 Å². The summed E-state index contributed by atoms with van der Waals surface area (Å²) in [5.74, 6) is -0.355. The van der Waals surface area contributed by atoms with Crippen LogP contribution in [-0.2, 0) is 16.0 Å². The Bertz CT molecular complexity index is 548.